The first kappa shape index (κ1) is 18.3. The first-order chi connectivity index (χ1) is 14.1. The number of rotatable bonds is 3. The van der Waals surface area contributed by atoms with Gasteiger partial charge in [-0.05, 0) is 50.1 Å². The van der Waals surface area contributed by atoms with Crippen molar-refractivity contribution in [3.8, 4) is 22.6 Å². The molecule has 1 fully saturated rings. The number of halogens is 2. The number of aryl methyl sites for hydroxylation is 1. The summed E-state index contributed by atoms with van der Waals surface area (Å²) in [5.74, 6) is -0.450. The molecule has 3 aromatic heterocycles. The fourth-order valence-corrected chi connectivity index (χ4v) is 4.00. The number of nitrogens with zero attached hydrogens (tertiary/aromatic N) is 5. The average molecular weight is 412 g/mol. The highest BCUT2D eigenvalue weighted by Gasteiger charge is 2.24. The van der Waals surface area contributed by atoms with Crippen molar-refractivity contribution in [2.45, 2.75) is 25.8 Å². The molecule has 0 aliphatic carbocycles. The van der Waals surface area contributed by atoms with Gasteiger partial charge in [0.25, 0.3) is 0 Å². The first-order valence-corrected chi connectivity index (χ1v) is 9.91. The minimum Gasteiger partial charge on any atom is -0.381 e. The molecule has 0 spiro atoms. The van der Waals surface area contributed by atoms with E-state index in [0.717, 1.165) is 46.8 Å². The molecule has 6 nitrogen and oxygen atoms in total. The van der Waals surface area contributed by atoms with Crippen LogP contribution in [0.1, 0.15) is 24.6 Å². The van der Waals surface area contributed by atoms with Gasteiger partial charge in [-0.1, -0.05) is 11.6 Å². The highest BCUT2D eigenvalue weighted by molar-refractivity contribution is 6.31. The SMILES string of the molecule is Cc1cnc2ccc(-c3c(-c4ccc(F)c(Cl)c4)ncn3C3CCOCC3)nn12. The number of ether oxygens (including phenoxy) is 1. The average Bonchev–Trinajstić information content (AvgIpc) is 3.35. The second kappa shape index (κ2) is 7.24. The van der Waals surface area contributed by atoms with Crippen molar-refractivity contribution in [3.63, 3.8) is 0 Å². The number of benzene rings is 1. The largest absolute Gasteiger partial charge is 0.381 e. The zero-order chi connectivity index (χ0) is 20.0. The number of fused-ring (bicyclic) bond motifs is 1. The molecular formula is C21H19ClFN5O. The quantitative estimate of drug-likeness (QED) is 0.489. The van der Waals surface area contributed by atoms with Crippen molar-refractivity contribution >= 4 is 17.2 Å². The summed E-state index contributed by atoms with van der Waals surface area (Å²) in [6.07, 6.45) is 5.44. The van der Waals surface area contributed by atoms with E-state index in [1.165, 1.54) is 6.07 Å². The molecule has 4 heterocycles. The lowest BCUT2D eigenvalue weighted by Crippen LogP contribution is -2.20. The van der Waals surface area contributed by atoms with Crippen molar-refractivity contribution < 1.29 is 9.13 Å². The van der Waals surface area contributed by atoms with E-state index < -0.39 is 5.82 Å². The predicted octanol–water partition coefficient (Wildman–Crippen LogP) is 4.71. The molecule has 8 heteroatoms. The number of hydrogen-bond acceptors (Lipinski definition) is 4. The van der Waals surface area contributed by atoms with Gasteiger partial charge in [0.15, 0.2) is 5.65 Å². The van der Waals surface area contributed by atoms with Crippen molar-refractivity contribution in [3.05, 3.63) is 59.4 Å². The molecule has 0 atom stereocenters. The summed E-state index contributed by atoms with van der Waals surface area (Å²) in [5.41, 5.74) is 4.87. The highest BCUT2D eigenvalue weighted by atomic mass is 35.5. The van der Waals surface area contributed by atoms with Crippen molar-refractivity contribution in [1.82, 2.24) is 24.1 Å². The zero-order valence-electron chi connectivity index (χ0n) is 15.8. The maximum absolute atomic E-state index is 13.7. The zero-order valence-corrected chi connectivity index (χ0v) is 16.6. The Morgan fingerprint density at radius 3 is 2.76 bits per heavy atom. The van der Waals surface area contributed by atoms with Gasteiger partial charge >= 0.3 is 0 Å². The molecule has 0 amide bonds. The van der Waals surface area contributed by atoms with Gasteiger partial charge in [-0.2, -0.15) is 5.10 Å². The molecule has 1 saturated heterocycles. The molecule has 0 radical (unpaired) electrons. The fraction of sp³-hybridized carbons (Fsp3) is 0.286. The minimum atomic E-state index is -0.450. The van der Waals surface area contributed by atoms with Crippen LogP contribution in [0.15, 0.2) is 42.9 Å². The van der Waals surface area contributed by atoms with Crippen LogP contribution in [0, 0.1) is 12.7 Å². The normalized spacial score (nSPS) is 15.3. The summed E-state index contributed by atoms with van der Waals surface area (Å²) >= 11 is 6.05. The van der Waals surface area contributed by atoms with Gasteiger partial charge in [-0.3, -0.25) is 0 Å². The molecule has 0 N–H and O–H groups in total. The van der Waals surface area contributed by atoms with Crippen LogP contribution in [0.3, 0.4) is 0 Å². The summed E-state index contributed by atoms with van der Waals surface area (Å²) in [6.45, 7) is 3.40. The lowest BCUT2D eigenvalue weighted by Gasteiger charge is -2.25. The molecule has 29 heavy (non-hydrogen) atoms. The number of hydrogen-bond donors (Lipinski definition) is 0. The Balaban J connectivity index is 1.71. The minimum absolute atomic E-state index is 0.0722. The summed E-state index contributed by atoms with van der Waals surface area (Å²) in [7, 11) is 0. The molecule has 1 aromatic carbocycles. The van der Waals surface area contributed by atoms with E-state index in [2.05, 4.69) is 14.5 Å². The smallest absolute Gasteiger partial charge is 0.153 e. The van der Waals surface area contributed by atoms with Crippen LogP contribution in [0.25, 0.3) is 28.3 Å². The van der Waals surface area contributed by atoms with Gasteiger partial charge in [0.05, 0.1) is 34.6 Å². The van der Waals surface area contributed by atoms with E-state index in [1.807, 2.05) is 29.9 Å². The molecule has 4 aromatic rings. The monoisotopic (exact) mass is 411 g/mol. The van der Waals surface area contributed by atoms with Crippen molar-refractivity contribution in [2.75, 3.05) is 13.2 Å². The van der Waals surface area contributed by atoms with Crippen LogP contribution >= 0.6 is 11.6 Å². The molecule has 1 aliphatic rings. The molecule has 0 unspecified atom stereocenters. The molecular weight excluding hydrogens is 393 g/mol. The van der Waals surface area contributed by atoms with E-state index in [-0.39, 0.29) is 11.1 Å². The molecule has 148 valence electrons. The third kappa shape index (κ3) is 3.20. The topological polar surface area (TPSA) is 57.2 Å². The van der Waals surface area contributed by atoms with Gasteiger partial charge < -0.3 is 9.30 Å². The summed E-state index contributed by atoms with van der Waals surface area (Å²) in [4.78, 5) is 9.03. The second-order valence-electron chi connectivity index (χ2n) is 7.21. The Hall–Kier alpha value is -2.77. The van der Waals surface area contributed by atoms with E-state index in [1.54, 1.807) is 18.3 Å². The van der Waals surface area contributed by atoms with Gasteiger partial charge in [-0.15, -0.1) is 0 Å². The third-order valence-corrected chi connectivity index (χ3v) is 5.64. The predicted molar refractivity (Wildman–Crippen MR) is 108 cm³/mol. The number of aromatic nitrogens is 5. The summed E-state index contributed by atoms with van der Waals surface area (Å²) in [6, 6.07) is 8.82. The van der Waals surface area contributed by atoms with Crippen LogP contribution in [-0.4, -0.2) is 37.4 Å². The van der Waals surface area contributed by atoms with Crippen LogP contribution in [-0.2, 0) is 4.74 Å². The van der Waals surface area contributed by atoms with Gasteiger partial charge in [-0.25, -0.2) is 18.9 Å². The van der Waals surface area contributed by atoms with Crippen LogP contribution < -0.4 is 0 Å². The Morgan fingerprint density at radius 1 is 1.14 bits per heavy atom. The lowest BCUT2D eigenvalue weighted by molar-refractivity contribution is 0.0699. The Morgan fingerprint density at radius 2 is 1.97 bits per heavy atom. The Labute approximate surface area is 171 Å². The van der Waals surface area contributed by atoms with Gasteiger partial charge in [0.1, 0.15) is 11.5 Å². The fourth-order valence-electron chi connectivity index (χ4n) is 3.82. The van der Waals surface area contributed by atoms with E-state index in [0.29, 0.717) is 13.2 Å². The molecule has 0 bridgehead atoms. The number of imidazole rings is 2. The Bertz CT molecular complexity index is 1200. The van der Waals surface area contributed by atoms with Crippen molar-refractivity contribution in [2.24, 2.45) is 0 Å². The van der Waals surface area contributed by atoms with Crippen LogP contribution in [0.5, 0.6) is 0 Å². The third-order valence-electron chi connectivity index (χ3n) is 5.35. The summed E-state index contributed by atoms with van der Waals surface area (Å²) in [5, 5.41) is 4.89. The maximum atomic E-state index is 13.7. The highest BCUT2D eigenvalue weighted by Crippen LogP contribution is 2.36. The lowest BCUT2D eigenvalue weighted by atomic mass is 10.1. The maximum Gasteiger partial charge on any atom is 0.153 e. The van der Waals surface area contributed by atoms with Gasteiger partial charge in [0, 0.05) is 24.8 Å². The molecule has 0 saturated carbocycles. The Kier molecular flexibility index (Phi) is 4.56. The van der Waals surface area contributed by atoms with E-state index in [4.69, 9.17) is 21.4 Å². The molecule has 5 rings (SSSR count). The van der Waals surface area contributed by atoms with Gasteiger partial charge in [0.2, 0.25) is 0 Å². The standard InChI is InChI=1S/C21H19ClFN5O/c1-13-11-24-19-5-4-18(26-28(13)19)21-20(14-2-3-17(23)16(22)10-14)25-12-27(21)15-6-8-29-9-7-15/h2-5,10-12,15H,6-9H2,1H3. The van der Waals surface area contributed by atoms with Crippen LogP contribution in [0.4, 0.5) is 4.39 Å². The molecule has 1 aliphatic heterocycles. The summed E-state index contributed by atoms with van der Waals surface area (Å²) < 4.78 is 23.2. The first-order valence-electron chi connectivity index (χ1n) is 9.53. The van der Waals surface area contributed by atoms with Crippen molar-refractivity contribution in [1.29, 1.82) is 0 Å². The van der Waals surface area contributed by atoms with E-state index in [9.17, 15) is 4.39 Å². The van der Waals surface area contributed by atoms with E-state index >= 15 is 0 Å². The second-order valence-corrected chi connectivity index (χ2v) is 7.62. The van der Waals surface area contributed by atoms with Crippen LogP contribution in [0.2, 0.25) is 5.02 Å².